The summed E-state index contributed by atoms with van der Waals surface area (Å²) in [7, 11) is 0. The van der Waals surface area contributed by atoms with E-state index in [1.165, 1.54) is 56.3 Å². The molecule has 0 radical (unpaired) electrons. The zero-order chi connectivity index (χ0) is 15.3. The van der Waals surface area contributed by atoms with Gasteiger partial charge < -0.3 is 10.2 Å². The predicted octanol–water partition coefficient (Wildman–Crippen LogP) is 5.70. The van der Waals surface area contributed by atoms with Crippen LogP contribution in [0.1, 0.15) is 65.7 Å². The Kier molecular flexibility index (Phi) is 9.77. The van der Waals surface area contributed by atoms with E-state index in [-0.39, 0.29) is 0 Å². The van der Waals surface area contributed by atoms with E-state index in [0.717, 1.165) is 19.6 Å². The molecule has 0 bridgehead atoms. The van der Waals surface area contributed by atoms with Crippen LogP contribution < -0.4 is 10.2 Å². The molecule has 1 rings (SSSR count). The van der Waals surface area contributed by atoms with Crippen LogP contribution >= 0.6 is 0 Å². The zero-order valence-corrected chi connectivity index (χ0v) is 14.3. The van der Waals surface area contributed by atoms with Crippen molar-refractivity contribution in [3.8, 4) is 0 Å². The summed E-state index contributed by atoms with van der Waals surface area (Å²) in [5.41, 5.74) is 2.62. The lowest BCUT2D eigenvalue weighted by Crippen LogP contribution is -2.23. The van der Waals surface area contributed by atoms with Crippen LogP contribution in [0, 0.1) is 0 Å². The topological polar surface area (TPSA) is 15.3 Å². The number of benzene rings is 1. The molecule has 2 nitrogen and oxygen atoms in total. The second kappa shape index (κ2) is 11.5. The van der Waals surface area contributed by atoms with Gasteiger partial charge in [0.15, 0.2) is 0 Å². The molecule has 1 aromatic rings. The third-order valence-corrected chi connectivity index (χ3v) is 4.10. The molecular weight excluding hydrogens is 256 g/mol. The summed E-state index contributed by atoms with van der Waals surface area (Å²) < 4.78 is 0. The Bertz CT molecular complexity index is 358. The minimum Gasteiger partial charge on any atom is -0.383 e. The molecule has 0 heterocycles. The number of unbranched alkanes of at least 4 members (excludes halogenated alkanes) is 6. The first kappa shape index (κ1) is 17.9. The van der Waals surface area contributed by atoms with Gasteiger partial charge in [-0.2, -0.15) is 0 Å². The van der Waals surface area contributed by atoms with Crippen LogP contribution in [-0.2, 0) is 0 Å². The molecule has 0 atom stereocenters. The molecule has 0 saturated heterocycles. The highest BCUT2D eigenvalue weighted by Gasteiger charge is 2.06. The van der Waals surface area contributed by atoms with Crippen molar-refractivity contribution in [1.82, 2.24) is 0 Å². The monoisotopic (exact) mass is 290 g/mol. The third-order valence-electron chi connectivity index (χ3n) is 4.10. The quantitative estimate of drug-likeness (QED) is 0.497. The van der Waals surface area contributed by atoms with Crippen molar-refractivity contribution in [1.29, 1.82) is 0 Å². The Hall–Kier alpha value is -1.18. The molecule has 1 aromatic carbocycles. The van der Waals surface area contributed by atoms with Crippen molar-refractivity contribution < 1.29 is 0 Å². The van der Waals surface area contributed by atoms with Gasteiger partial charge in [0.05, 0.1) is 11.4 Å². The van der Waals surface area contributed by atoms with Crippen LogP contribution in [-0.4, -0.2) is 19.6 Å². The summed E-state index contributed by atoms with van der Waals surface area (Å²) in [5, 5.41) is 3.62. The maximum atomic E-state index is 3.62. The fourth-order valence-corrected chi connectivity index (χ4v) is 2.77. The van der Waals surface area contributed by atoms with E-state index in [1.807, 2.05) is 0 Å². The van der Waals surface area contributed by atoms with Gasteiger partial charge in [-0.1, -0.05) is 57.6 Å². The predicted molar refractivity (Wildman–Crippen MR) is 96.5 cm³/mol. The van der Waals surface area contributed by atoms with Gasteiger partial charge >= 0.3 is 0 Å². The smallest absolute Gasteiger partial charge is 0.0601 e. The van der Waals surface area contributed by atoms with E-state index in [1.54, 1.807) is 0 Å². The Morgan fingerprint density at radius 1 is 0.810 bits per heavy atom. The molecule has 0 amide bonds. The van der Waals surface area contributed by atoms with Crippen molar-refractivity contribution in [2.75, 3.05) is 29.9 Å². The van der Waals surface area contributed by atoms with Crippen LogP contribution in [0.3, 0.4) is 0 Å². The van der Waals surface area contributed by atoms with Crippen LogP contribution in [0.15, 0.2) is 24.3 Å². The van der Waals surface area contributed by atoms with Crippen LogP contribution in [0.4, 0.5) is 11.4 Å². The van der Waals surface area contributed by atoms with Gasteiger partial charge in [-0.05, 0) is 32.4 Å². The molecule has 0 aliphatic carbocycles. The zero-order valence-electron chi connectivity index (χ0n) is 14.3. The van der Waals surface area contributed by atoms with Gasteiger partial charge in [0.2, 0.25) is 0 Å². The maximum absolute atomic E-state index is 3.62. The van der Waals surface area contributed by atoms with Gasteiger partial charge in [0.1, 0.15) is 0 Å². The molecule has 0 aliphatic rings. The van der Waals surface area contributed by atoms with Gasteiger partial charge in [-0.15, -0.1) is 0 Å². The Labute approximate surface area is 131 Å². The lowest BCUT2D eigenvalue weighted by atomic mass is 10.1. The first-order chi connectivity index (χ1) is 10.3. The number of nitrogens with zero attached hydrogens (tertiary/aromatic N) is 1. The summed E-state index contributed by atoms with van der Waals surface area (Å²) in [4.78, 5) is 2.41. The summed E-state index contributed by atoms with van der Waals surface area (Å²) in [6.07, 6.45) is 9.57. The van der Waals surface area contributed by atoms with Crippen LogP contribution in [0.25, 0.3) is 0 Å². The van der Waals surface area contributed by atoms with E-state index < -0.39 is 0 Å². The summed E-state index contributed by atoms with van der Waals surface area (Å²) in [6, 6.07) is 8.68. The van der Waals surface area contributed by atoms with Crippen LogP contribution in [0.2, 0.25) is 0 Å². The number of anilines is 2. The van der Waals surface area contributed by atoms with Gasteiger partial charge in [-0.25, -0.2) is 0 Å². The molecule has 0 fully saturated rings. The maximum Gasteiger partial charge on any atom is 0.0601 e. The summed E-state index contributed by atoms with van der Waals surface area (Å²) in [5.74, 6) is 0. The van der Waals surface area contributed by atoms with Crippen molar-refractivity contribution in [3.05, 3.63) is 24.3 Å². The minimum absolute atomic E-state index is 1.06. The Morgan fingerprint density at radius 2 is 1.43 bits per heavy atom. The fraction of sp³-hybridized carbons (Fsp3) is 0.684. The van der Waals surface area contributed by atoms with Crippen molar-refractivity contribution in [2.24, 2.45) is 0 Å². The van der Waals surface area contributed by atoms with E-state index in [9.17, 15) is 0 Å². The molecule has 0 unspecified atom stereocenters. The number of hydrogen-bond acceptors (Lipinski definition) is 2. The number of rotatable bonds is 12. The van der Waals surface area contributed by atoms with Crippen molar-refractivity contribution in [2.45, 2.75) is 65.7 Å². The molecule has 120 valence electrons. The first-order valence-corrected chi connectivity index (χ1v) is 8.91. The van der Waals surface area contributed by atoms with Crippen LogP contribution in [0.5, 0.6) is 0 Å². The van der Waals surface area contributed by atoms with E-state index in [2.05, 4.69) is 55.3 Å². The molecule has 1 N–H and O–H groups in total. The largest absolute Gasteiger partial charge is 0.383 e. The molecular formula is C19H34N2. The van der Waals surface area contributed by atoms with Gasteiger partial charge in [-0.3, -0.25) is 0 Å². The van der Waals surface area contributed by atoms with E-state index in [0.29, 0.717) is 0 Å². The lowest BCUT2D eigenvalue weighted by Gasteiger charge is -2.24. The molecule has 0 spiro atoms. The Balaban J connectivity index is 2.29. The molecule has 2 heteroatoms. The minimum atomic E-state index is 1.06. The normalized spacial score (nSPS) is 10.6. The second-order valence-corrected chi connectivity index (χ2v) is 5.74. The SMILES string of the molecule is CCCCCCCCCNc1ccccc1N(CC)CC. The second-order valence-electron chi connectivity index (χ2n) is 5.74. The number of hydrogen-bond donors (Lipinski definition) is 1. The first-order valence-electron chi connectivity index (χ1n) is 8.91. The van der Waals surface area contributed by atoms with Gasteiger partial charge in [0, 0.05) is 19.6 Å². The lowest BCUT2D eigenvalue weighted by molar-refractivity contribution is 0.596. The number of nitrogens with one attached hydrogen (secondary N) is 1. The molecule has 0 saturated carbocycles. The summed E-state index contributed by atoms with van der Waals surface area (Å²) >= 11 is 0. The van der Waals surface area contributed by atoms with E-state index in [4.69, 9.17) is 0 Å². The number of para-hydroxylation sites is 2. The highest BCUT2D eigenvalue weighted by Crippen LogP contribution is 2.25. The van der Waals surface area contributed by atoms with Crippen molar-refractivity contribution in [3.63, 3.8) is 0 Å². The molecule has 21 heavy (non-hydrogen) atoms. The average Bonchev–Trinajstić information content (AvgIpc) is 2.52. The Morgan fingerprint density at radius 3 is 2.10 bits per heavy atom. The van der Waals surface area contributed by atoms with Crippen molar-refractivity contribution >= 4 is 11.4 Å². The van der Waals surface area contributed by atoms with E-state index >= 15 is 0 Å². The fourth-order valence-electron chi connectivity index (χ4n) is 2.77. The average molecular weight is 290 g/mol. The highest BCUT2D eigenvalue weighted by atomic mass is 15.1. The summed E-state index contributed by atoms with van der Waals surface area (Å²) in [6.45, 7) is 9.93. The van der Waals surface area contributed by atoms with Gasteiger partial charge in [0.25, 0.3) is 0 Å². The standard InChI is InChI=1S/C19H34N2/c1-4-7-8-9-10-11-14-17-20-18-15-12-13-16-19(18)21(5-2)6-3/h12-13,15-16,20H,4-11,14,17H2,1-3H3. The molecule has 0 aromatic heterocycles. The molecule has 0 aliphatic heterocycles. The third kappa shape index (κ3) is 6.88. The highest BCUT2D eigenvalue weighted by molar-refractivity contribution is 5.69.